The summed E-state index contributed by atoms with van der Waals surface area (Å²) in [4.78, 5) is 14.6. The third-order valence-electron chi connectivity index (χ3n) is 3.58. The van der Waals surface area contributed by atoms with Gasteiger partial charge in [0.15, 0.2) is 5.82 Å². The van der Waals surface area contributed by atoms with E-state index >= 15 is 0 Å². The predicted octanol–water partition coefficient (Wildman–Crippen LogP) is 5.68. The molecule has 2 aromatic heterocycles. The number of nitrogens with one attached hydrogen (secondary N) is 1. The Morgan fingerprint density at radius 3 is 2.38 bits per heavy atom. The van der Waals surface area contributed by atoms with Crippen LogP contribution < -0.4 is 5.32 Å². The van der Waals surface area contributed by atoms with Gasteiger partial charge < -0.3 is 5.32 Å². The molecule has 0 bridgehead atoms. The van der Waals surface area contributed by atoms with Crippen molar-refractivity contribution >= 4 is 34.6 Å². The molecular weight excluding hydrogens is 340 g/mol. The molecule has 0 atom stereocenters. The van der Waals surface area contributed by atoms with Crippen LogP contribution in [0.4, 0.5) is 11.6 Å². The lowest BCUT2D eigenvalue weighted by Gasteiger charge is -2.10. The molecule has 0 unspecified atom stereocenters. The third kappa shape index (κ3) is 3.91. The average molecular weight is 359 g/mol. The molecule has 0 saturated carbocycles. The SMILES string of the molecule is CCc1ccc(Nc2nc(-c3ccc(Cl)s3)nc(C(C)C)n2)cc1. The summed E-state index contributed by atoms with van der Waals surface area (Å²) in [6.45, 7) is 6.28. The third-order valence-corrected chi connectivity index (χ3v) is 4.81. The lowest BCUT2D eigenvalue weighted by atomic mass is 10.1. The van der Waals surface area contributed by atoms with Crippen LogP contribution in [0.2, 0.25) is 4.34 Å². The van der Waals surface area contributed by atoms with Gasteiger partial charge in [0.1, 0.15) is 5.82 Å². The Hall–Kier alpha value is -1.98. The minimum absolute atomic E-state index is 0.213. The Bertz CT molecular complexity index is 827. The number of hydrogen-bond acceptors (Lipinski definition) is 5. The van der Waals surface area contributed by atoms with Crippen molar-refractivity contribution in [3.05, 3.63) is 52.1 Å². The zero-order chi connectivity index (χ0) is 17.1. The van der Waals surface area contributed by atoms with E-state index < -0.39 is 0 Å². The van der Waals surface area contributed by atoms with Crippen molar-refractivity contribution in [3.8, 4) is 10.7 Å². The molecule has 0 fully saturated rings. The van der Waals surface area contributed by atoms with E-state index in [9.17, 15) is 0 Å². The maximum Gasteiger partial charge on any atom is 0.231 e. The first-order valence-electron chi connectivity index (χ1n) is 7.92. The predicted molar refractivity (Wildman–Crippen MR) is 101 cm³/mol. The van der Waals surface area contributed by atoms with Gasteiger partial charge in [-0.2, -0.15) is 9.97 Å². The van der Waals surface area contributed by atoms with E-state index in [-0.39, 0.29) is 5.92 Å². The van der Waals surface area contributed by atoms with Crippen LogP contribution in [0.25, 0.3) is 10.7 Å². The molecule has 0 spiro atoms. The zero-order valence-corrected chi connectivity index (χ0v) is 15.4. The summed E-state index contributed by atoms with van der Waals surface area (Å²) in [5, 5.41) is 3.28. The van der Waals surface area contributed by atoms with E-state index in [2.05, 4.69) is 53.2 Å². The summed E-state index contributed by atoms with van der Waals surface area (Å²) in [7, 11) is 0. The fourth-order valence-electron chi connectivity index (χ4n) is 2.20. The number of rotatable bonds is 5. The van der Waals surface area contributed by atoms with Crippen LogP contribution in [0.1, 0.15) is 38.1 Å². The van der Waals surface area contributed by atoms with Crippen LogP contribution in [0.15, 0.2) is 36.4 Å². The first-order chi connectivity index (χ1) is 11.5. The quantitative estimate of drug-likeness (QED) is 0.637. The van der Waals surface area contributed by atoms with Crippen molar-refractivity contribution in [2.24, 2.45) is 0 Å². The molecule has 3 rings (SSSR count). The van der Waals surface area contributed by atoms with Crippen LogP contribution in [-0.4, -0.2) is 15.0 Å². The highest BCUT2D eigenvalue weighted by Crippen LogP contribution is 2.30. The molecule has 1 N–H and O–H groups in total. The van der Waals surface area contributed by atoms with Crippen molar-refractivity contribution in [1.29, 1.82) is 0 Å². The molecule has 0 amide bonds. The van der Waals surface area contributed by atoms with Crippen molar-refractivity contribution in [3.63, 3.8) is 0 Å². The maximum atomic E-state index is 6.04. The monoisotopic (exact) mass is 358 g/mol. The van der Waals surface area contributed by atoms with Gasteiger partial charge >= 0.3 is 0 Å². The summed E-state index contributed by atoms with van der Waals surface area (Å²) in [6, 6.07) is 12.1. The van der Waals surface area contributed by atoms with Gasteiger partial charge in [0, 0.05) is 11.6 Å². The van der Waals surface area contributed by atoms with Crippen LogP contribution in [-0.2, 0) is 6.42 Å². The standard InChI is InChI=1S/C18H19ClN4S/c1-4-12-5-7-13(8-6-12)20-18-22-16(11(2)3)21-17(23-18)14-9-10-15(19)24-14/h5-11H,4H2,1-3H3,(H,20,21,22,23). The number of anilines is 2. The Balaban J connectivity index is 1.95. The number of nitrogens with zero attached hydrogens (tertiary/aromatic N) is 3. The molecule has 4 nitrogen and oxygen atoms in total. The number of thiophene rings is 1. The van der Waals surface area contributed by atoms with E-state index in [4.69, 9.17) is 11.6 Å². The van der Waals surface area contributed by atoms with Gasteiger partial charge in [0.2, 0.25) is 5.95 Å². The van der Waals surface area contributed by atoms with E-state index in [1.54, 1.807) is 0 Å². The summed E-state index contributed by atoms with van der Waals surface area (Å²) in [6.07, 6.45) is 1.02. The number of benzene rings is 1. The number of hydrogen-bond donors (Lipinski definition) is 1. The molecule has 0 saturated heterocycles. The summed E-state index contributed by atoms with van der Waals surface area (Å²) >= 11 is 7.51. The molecule has 0 aliphatic heterocycles. The summed E-state index contributed by atoms with van der Waals surface area (Å²) in [5.41, 5.74) is 2.26. The summed E-state index contributed by atoms with van der Waals surface area (Å²) in [5.74, 6) is 2.18. The first-order valence-corrected chi connectivity index (χ1v) is 9.12. The van der Waals surface area contributed by atoms with Crippen LogP contribution in [0.5, 0.6) is 0 Å². The maximum absolute atomic E-state index is 6.04. The number of aryl methyl sites for hydroxylation is 1. The zero-order valence-electron chi connectivity index (χ0n) is 13.9. The largest absolute Gasteiger partial charge is 0.324 e. The molecule has 2 heterocycles. The van der Waals surface area contributed by atoms with Crippen LogP contribution >= 0.6 is 22.9 Å². The van der Waals surface area contributed by atoms with Gasteiger partial charge in [-0.3, -0.25) is 0 Å². The Labute approximate surface area is 151 Å². The van der Waals surface area contributed by atoms with Gasteiger partial charge in [-0.15, -0.1) is 11.3 Å². The average Bonchev–Trinajstić information content (AvgIpc) is 3.02. The molecule has 0 radical (unpaired) electrons. The van der Waals surface area contributed by atoms with Crippen molar-refractivity contribution in [1.82, 2.24) is 15.0 Å². The fourth-order valence-corrected chi connectivity index (χ4v) is 3.18. The summed E-state index contributed by atoms with van der Waals surface area (Å²) < 4.78 is 0.723. The Kier molecular flexibility index (Phi) is 5.11. The lowest BCUT2D eigenvalue weighted by Crippen LogP contribution is -2.06. The van der Waals surface area contributed by atoms with Crippen molar-refractivity contribution in [2.45, 2.75) is 33.1 Å². The second kappa shape index (κ2) is 7.28. The smallest absolute Gasteiger partial charge is 0.231 e. The lowest BCUT2D eigenvalue weighted by molar-refractivity contribution is 0.767. The van der Waals surface area contributed by atoms with Crippen LogP contribution in [0.3, 0.4) is 0 Å². The van der Waals surface area contributed by atoms with E-state index in [1.165, 1.54) is 16.9 Å². The van der Waals surface area contributed by atoms with Gasteiger partial charge in [0.25, 0.3) is 0 Å². The van der Waals surface area contributed by atoms with E-state index in [1.807, 2.05) is 24.3 Å². The number of halogens is 1. The van der Waals surface area contributed by atoms with E-state index in [0.717, 1.165) is 27.1 Å². The molecular formula is C18H19ClN4S. The van der Waals surface area contributed by atoms with E-state index in [0.29, 0.717) is 11.8 Å². The van der Waals surface area contributed by atoms with Gasteiger partial charge in [-0.1, -0.05) is 44.5 Å². The Morgan fingerprint density at radius 2 is 1.79 bits per heavy atom. The molecule has 1 aromatic carbocycles. The molecule has 124 valence electrons. The molecule has 3 aromatic rings. The van der Waals surface area contributed by atoms with Gasteiger partial charge in [-0.25, -0.2) is 4.98 Å². The molecule has 0 aliphatic carbocycles. The van der Waals surface area contributed by atoms with Gasteiger partial charge in [-0.05, 0) is 36.2 Å². The van der Waals surface area contributed by atoms with Crippen molar-refractivity contribution < 1.29 is 0 Å². The first kappa shape index (κ1) is 16.9. The number of aromatic nitrogens is 3. The van der Waals surface area contributed by atoms with Crippen molar-refractivity contribution in [2.75, 3.05) is 5.32 Å². The second-order valence-electron chi connectivity index (χ2n) is 5.77. The highest BCUT2D eigenvalue weighted by atomic mass is 35.5. The highest BCUT2D eigenvalue weighted by molar-refractivity contribution is 7.19. The highest BCUT2D eigenvalue weighted by Gasteiger charge is 2.13. The molecule has 6 heteroatoms. The normalized spacial score (nSPS) is 11.0. The van der Waals surface area contributed by atoms with Gasteiger partial charge in [0.05, 0.1) is 9.21 Å². The Morgan fingerprint density at radius 1 is 1.04 bits per heavy atom. The minimum atomic E-state index is 0.213. The minimum Gasteiger partial charge on any atom is -0.324 e. The fraction of sp³-hybridized carbons (Fsp3) is 0.278. The second-order valence-corrected chi connectivity index (χ2v) is 7.49. The topological polar surface area (TPSA) is 50.7 Å². The molecule has 24 heavy (non-hydrogen) atoms. The van der Waals surface area contributed by atoms with Crippen LogP contribution in [0, 0.1) is 0 Å². The molecule has 0 aliphatic rings.